The van der Waals surface area contributed by atoms with E-state index in [-0.39, 0.29) is 0 Å². The molecule has 2 rings (SSSR count). The Labute approximate surface area is 110 Å². The fourth-order valence-corrected chi connectivity index (χ4v) is 2.33. The zero-order chi connectivity index (χ0) is 12.3. The predicted octanol–water partition coefficient (Wildman–Crippen LogP) is 2.78. The van der Waals surface area contributed by atoms with Crippen molar-refractivity contribution in [3.05, 3.63) is 51.8 Å². The van der Waals surface area contributed by atoms with Crippen LogP contribution < -0.4 is 5.32 Å². The summed E-state index contributed by atoms with van der Waals surface area (Å²) in [6.45, 7) is 3.79. The number of hydrogen-bond donors (Lipinski definition) is 1. The zero-order valence-electron chi connectivity index (χ0n) is 10.1. The molecule has 0 bridgehead atoms. The van der Waals surface area contributed by atoms with E-state index in [9.17, 15) is 0 Å². The van der Waals surface area contributed by atoms with Gasteiger partial charge in [0.05, 0.1) is 6.20 Å². The third-order valence-electron chi connectivity index (χ3n) is 2.61. The molecule has 0 aliphatic carbocycles. The zero-order valence-corrected chi connectivity index (χ0v) is 11.7. The normalized spacial score (nSPS) is 10.8. The van der Waals surface area contributed by atoms with Crippen LogP contribution in [-0.2, 0) is 20.1 Å². The molecule has 0 aliphatic heterocycles. The minimum Gasteiger partial charge on any atom is -0.308 e. The SMILES string of the molecule is Cc1ccc(CNCc2cnn(C)c2)c(Br)c1. The van der Waals surface area contributed by atoms with Crippen molar-refractivity contribution in [3.8, 4) is 0 Å². The highest BCUT2D eigenvalue weighted by atomic mass is 79.9. The molecule has 0 unspecified atom stereocenters. The molecule has 1 heterocycles. The number of hydrogen-bond acceptors (Lipinski definition) is 2. The minimum atomic E-state index is 0.841. The summed E-state index contributed by atoms with van der Waals surface area (Å²) in [4.78, 5) is 0. The lowest BCUT2D eigenvalue weighted by molar-refractivity contribution is 0.690. The molecule has 4 heteroatoms. The summed E-state index contributed by atoms with van der Waals surface area (Å²) in [5, 5.41) is 7.55. The van der Waals surface area contributed by atoms with Gasteiger partial charge in [-0.3, -0.25) is 4.68 Å². The predicted molar refractivity (Wildman–Crippen MR) is 72.6 cm³/mol. The second-order valence-electron chi connectivity index (χ2n) is 4.22. The lowest BCUT2D eigenvalue weighted by Gasteiger charge is -2.06. The van der Waals surface area contributed by atoms with Gasteiger partial charge in [-0.25, -0.2) is 0 Å². The number of aryl methyl sites for hydroxylation is 2. The Morgan fingerprint density at radius 1 is 1.35 bits per heavy atom. The maximum Gasteiger partial charge on any atom is 0.0534 e. The standard InChI is InChI=1S/C13H16BrN3/c1-10-3-4-12(13(14)5-10)8-15-6-11-7-16-17(2)9-11/h3-5,7,9,15H,6,8H2,1-2H3. The molecule has 1 N–H and O–H groups in total. The summed E-state index contributed by atoms with van der Waals surface area (Å²) in [6, 6.07) is 6.42. The number of nitrogens with zero attached hydrogens (tertiary/aromatic N) is 2. The average Bonchev–Trinajstić information content (AvgIpc) is 2.68. The van der Waals surface area contributed by atoms with Crippen LogP contribution in [0.15, 0.2) is 35.1 Å². The molecule has 0 saturated carbocycles. The summed E-state index contributed by atoms with van der Waals surface area (Å²) in [6.07, 6.45) is 3.91. The summed E-state index contributed by atoms with van der Waals surface area (Å²) < 4.78 is 2.98. The van der Waals surface area contributed by atoms with E-state index in [1.165, 1.54) is 16.7 Å². The van der Waals surface area contributed by atoms with Gasteiger partial charge in [0.25, 0.3) is 0 Å². The highest BCUT2D eigenvalue weighted by molar-refractivity contribution is 9.10. The Morgan fingerprint density at radius 2 is 2.18 bits per heavy atom. The molecule has 0 amide bonds. The first-order valence-corrected chi connectivity index (χ1v) is 6.38. The monoisotopic (exact) mass is 293 g/mol. The number of nitrogens with one attached hydrogen (secondary N) is 1. The van der Waals surface area contributed by atoms with Crippen molar-refractivity contribution in [3.63, 3.8) is 0 Å². The van der Waals surface area contributed by atoms with Gasteiger partial charge in [0.1, 0.15) is 0 Å². The first kappa shape index (κ1) is 12.3. The van der Waals surface area contributed by atoms with Crippen LogP contribution in [-0.4, -0.2) is 9.78 Å². The highest BCUT2D eigenvalue weighted by Gasteiger charge is 2.00. The first-order chi connectivity index (χ1) is 8.15. The number of benzene rings is 1. The van der Waals surface area contributed by atoms with Crippen LogP contribution in [0.1, 0.15) is 16.7 Å². The van der Waals surface area contributed by atoms with Crippen LogP contribution in [0.2, 0.25) is 0 Å². The molecule has 17 heavy (non-hydrogen) atoms. The molecule has 0 spiro atoms. The van der Waals surface area contributed by atoms with E-state index in [1.54, 1.807) is 0 Å². The number of aromatic nitrogens is 2. The summed E-state index contributed by atoms with van der Waals surface area (Å²) in [5.74, 6) is 0. The Morgan fingerprint density at radius 3 is 2.82 bits per heavy atom. The van der Waals surface area contributed by atoms with Gasteiger partial charge in [0, 0.05) is 36.4 Å². The Bertz CT molecular complexity index is 505. The van der Waals surface area contributed by atoms with E-state index in [2.05, 4.69) is 51.5 Å². The Balaban J connectivity index is 1.90. The van der Waals surface area contributed by atoms with Gasteiger partial charge in [-0.2, -0.15) is 5.10 Å². The van der Waals surface area contributed by atoms with Crippen LogP contribution in [0.25, 0.3) is 0 Å². The average molecular weight is 294 g/mol. The minimum absolute atomic E-state index is 0.841. The van der Waals surface area contributed by atoms with E-state index in [1.807, 2.05) is 24.1 Å². The van der Waals surface area contributed by atoms with Gasteiger partial charge in [0.15, 0.2) is 0 Å². The Kier molecular flexibility index (Phi) is 3.97. The van der Waals surface area contributed by atoms with E-state index < -0.39 is 0 Å². The third-order valence-corrected chi connectivity index (χ3v) is 3.35. The highest BCUT2D eigenvalue weighted by Crippen LogP contribution is 2.18. The molecule has 1 aromatic heterocycles. The van der Waals surface area contributed by atoms with Crippen LogP contribution in [0, 0.1) is 6.92 Å². The maximum atomic E-state index is 4.14. The molecule has 0 atom stereocenters. The van der Waals surface area contributed by atoms with Gasteiger partial charge in [-0.05, 0) is 24.1 Å². The topological polar surface area (TPSA) is 29.9 Å². The van der Waals surface area contributed by atoms with Crippen LogP contribution in [0.3, 0.4) is 0 Å². The maximum absolute atomic E-state index is 4.14. The van der Waals surface area contributed by atoms with Crippen molar-refractivity contribution < 1.29 is 0 Å². The van der Waals surface area contributed by atoms with Gasteiger partial charge in [0.2, 0.25) is 0 Å². The van der Waals surface area contributed by atoms with Crippen LogP contribution in [0.5, 0.6) is 0 Å². The van der Waals surface area contributed by atoms with Crippen molar-refractivity contribution in [2.75, 3.05) is 0 Å². The second-order valence-corrected chi connectivity index (χ2v) is 5.08. The molecule has 1 aromatic carbocycles. The molecule has 0 aliphatic rings. The quantitative estimate of drug-likeness (QED) is 0.939. The second kappa shape index (κ2) is 5.47. The van der Waals surface area contributed by atoms with Crippen LogP contribution >= 0.6 is 15.9 Å². The smallest absolute Gasteiger partial charge is 0.0534 e. The number of rotatable bonds is 4. The largest absolute Gasteiger partial charge is 0.308 e. The third kappa shape index (κ3) is 3.41. The summed E-state index contributed by atoms with van der Waals surface area (Å²) in [5.41, 5.74) is 3.75. The molecule has 3 nitrogen and oxygen atoms in total. The van der Waals surface area contributed by atoms with Gasteiger partial charge < -0.3 is 5.32 Å². The summed E-state index contributed by atoms with van der Waals surface area (Å²) in [7, 11) is 1.93. The van der Waals surface area contributed by atoms with Crippen LogP contribution in [0.4, 0.5) is 0 Å². The molecular weight excluding hydrogens is 278 g/mol. The van der Waals surface area contributed by atoms with Gasteiger partial charge in [-0.1, -0.05) is 28.1 Å². The molecule has 0 radical (unpaired) electrons. The van der Waals surface area contributed by atoms with Gasteiger partial charge >= 0.3 is 0 Å². The first-order valence-electron chi connectivity index (χ1n) is 5.58. The Hall–Kier alpha value is -1.13. The van der Waals surface area contributed by atoms with Crippen molar-refractivity contribution in [1.82, 2.24) is 15.1 Å². The van der Waals surface area contributed by atoms with Crippen molar-refractivity contribution in [2.45, 2.75) is 20.0 Å². The molecule has 0 saturated heterocycles. The number of halogens is 1. The molecule has 2 aromatic rings. The fraction of sp³-hybridized carbons (Fsp3) is 0.308. The van der Waals surface area contributed by atoms with E-state index in [4.69, 9.17) is 0 Å². The van der Waals surface area contributed by atoms with E-state index >= 15 is 0 Å². The fourth-order valence-electron chi connectivity index (χ4n) is 1.70. The lowest BCUT2D eigenvalue weighted by atomic mass is 10.1. The van der Waals surface area contributed by atoms with Crippen molar-refractivity contribution >= 4 is 15.9 Å². The molecule has 0 fully saturated rings. The van der Waals surface area contributed by atoms with Gasteiger partial charge in [-0.15, -0.1) is 0 Å². The molecular formula is C13H16BrN3. The molecule has 90 valence electrons. The lowest BCUT2D eigenvalue weighted by Crippen LogP contribution is -2.12. The summed E-state index contributed by atoms with van der Waals surface area (Å²) >= 11 is 3.58. The van der Waals surface area contributed by atoms with Crippen molar-refractivity contribution in [1.29, 1.82) is 0 Å². The van der Waals surface area contributed by atoms with E-state index in [0.29, 0.717) is 0 Å². The van der Waals surface area contributed by atoms with Crippen molar-refractivity contribution in [2.24, 2.45) is 7.05 Å². The van der Waals surface area contributed by atoms with E-state index in [0.717, 1.165) is 17.6 Å².